The van der Waals surface area contributed by atoms with Gasteiger partial charge in [0.2, 0.25) is 5.91 Å². The highest BCUT2D eigenvalue weighted by Crippen LogP contribution is 2.23. The molecule has 3 rings (SSSR count). The van der Waals surface area contributed by atoms with Gasteiger partial charge in [0, 0.05) is 12.3 Å². The number of rotatable bonds is 11. The van der Waals surface area contributed by atoms with Crippen LogP contribution in [-0.2, 0) is 27.6 Å². The molecule has 0 unspecified atom stereocenters. The maximum absolute atomic E-state index is 12.5. The largest absolute Gasteiger partial charge is 0.465 e. The average Bonchev–Trinajstić information content (AvgIpc) is 3.20. The second kappa shape index (κ2) is 12.3. The number of allylic oxidation sites excluding steroid dienone is 1. The fourth-order valence-electron chi connectivity index (χ4n) is 2.99. The topological polar surface area (TPSA) is 86.1 Å². The highest BCUT2D eigenvalue weighted by Gasteiger charge is 2.16. The van der Waals surface area contributed by atoms with E-state index in [1.807, 2.05) is 4.57 Å². The summed E-state index contributed by atoms with van der Waals surface area (Å²) in [7, 11) is 1.31. The smallest absolute Gasteiger partial charge is 0.339 e. The van der Waals surface area contributed by atoms with E-state index >= 15 is 0 Å². The van der Waals surface area contributed by atoms with E-state index in [0.29, 0.717) is 28.7 Å². The van der Waals surface area contributed by atoms with E-state index in [1.54, 1.807) is 42.1 Å². The number of hydrogen-bond acceptors (Lipinski definition) is 7. The third-order valence-corrected chi connectivity index (χ3v) is 6.63. The number of methoxy groups -OCH3 is 1. The van der Waals surface area contributed by atoms with Crippen LogP contribution in [0.15, 0.2) is 66.3 Å². The Balaban J connectivity index is 1.59. The minimum absolute atomic E-state index is 0.126. The standard InChI is InChI=1S/C24H26N4O3S2/c1-4-13-28-21(15-32-14-18-11-9-17(2)10-12-18)26-27-24(28)33-16-22(29)25-20-8-6-5-7-19(20)23(30)31-3/h4-12H,1,13-16H2,2-3H3,(H,25,29). The van der Waals surface area contributed by atoms with Crippen molar-refractivity contribution in [3.63, 3.8) is 0 Å². The third-order valence-electron chi connectivity index (χ3n) is 4.66. The van der Waals surface area contributed by atoms with Crippen molar-refractivity contribution in [2.24, 2.45) is 0 Å². The predicted molar refractivity (Wildman–Crippen MR) is 134 cm³/mol. The van der Waals surface area contributed by atoms with Gasteiger partial charge >= 0.3 is 5.97 Å². The van der Waals surface area contributed by atoms with E-state index in [0.717, 1.165) is 11.6 Å². The zero-order valence-corrected chi connectivity index (χ0v) is 20.2. The van der Waals surface area contributed by atoms with Crippen molar-refractivity contribution in [1.29, 1.82) is 0 Å². The molecule has 0 aliphatic heterocycles. The van der Waals surface area contributed by atoms with Crippen LogP contribution in [0, 0.1) is 6.92 Å². The molecule has 3 aromatic rings. The van der Waals surface area contributed by atoms with Gasteiger partial charge in [-0.1, -0.05) is 59.8 Å². The zero-order chi connectivity index (χ0) is 23.6. The molecule has 1 N–H and O–H groups in total. The van der Waals surface area contributed by atoms with Crippen LogP contribution >= 0.6 is 23.5 Å². The Hall–Kier alpha value is -3.04. The molecule has 172 valence electrons. The summed E-state index contributed by atoms with van der Waals surface area (Å²) in [5.41, 5.74) is 3.23. The lowest BCUT2D eigenvalue weighted by Crippen LogP contribution is -2.17. The van der Waals surface area contributed by atoms with Crippen LogP contribution in [0.1, 0.15) is 27.3 Å². The SMILES string of the molecule is C=CCn1c(CSCc2ccc(C)cc2)nnc1SCC(=O)Nc1ccccc1C(=O)OC. The van der Waals surface area contributed by atoms with Gasteiger partial charge in [0.1, 0.15) is 5.82 Å². The Bertz CT molecular complexity index is 1110. The first-order valence-corrected chi connectivity index (χ1v) is 12.4. The number of aromatic nitrogens is 3. The van der Waals surface area contributed by atoms with Crippen molar-refractivity contribution in [3.8, 4) is 0 Å². The molecular formula is C24H26N4O3S2. The minimum Gasteiger partial charge on any atom is -0.465 e. The van der Waals surface area contributed by atoms with E-state index in [4.69, 9.17) is 4.74 Å². The van der Waals surface area contributed by atoms with Crippen LogP contribution in [0.25, 0.3) is 0 Å². The van der Waals surface area contributed by atoms with Crippen molar-refractivity contribution in [1.82, 2.24) is 14.8 Å². The molecule has 7 nitrogen and oxygen atoms in total. The fourth-order valence-corrected chi connectivity index (χ4v) is 4.68. The number of hydrogen-bond donors (Lipinski definition) is 1. The van der Waals surface area contributed by atoms with Crippen LogP contribution in [0.3, 0.4) is 0 Å². The lowest BCUT2D eigenvalue weighted by atomic mass is 10.2. The van der Waals surface area contributed by atoms with Crippen molar-refractivity contribution >= 4 is 41.1 Å². The maximum Gasteiger partial charge on any atom is 0.339 e. The number of amides is 1. The molecule has 0 saturated carbocycles. The molecule has 9 heteroatoms. The molecule has 1 amide bonds. The van der Waals surface area contributed by atoms with Gasteiger partial charge in [-0.15, -0.1) is 28.5 Å². The molecule has 0 radical (unpaired) electrons. The van der Waals surface area contributed by atoms with E-state index in [2.05, 4.69) is 53.3 Å². The number of carbonyl (C=O) groups is 2. The van der Waals surface area contributed by atoms with Crippen molar-refractivity contribution < 1.29 is 14.3 Å². The molecule has 0 saturated heterocycles. The average molecular weight is 483 g/mol. The Morgan fingerprint density at radius 1 is 1.12 bits per heavy atom. The van der Waals surface area contributed by atoms with Gasteiger partial charge in [0.25, 0.3) is 0 Å². The van der Waals surface area contributed by atoms with E-state index in [9.17, 15) is 9.59 Å². The zero-order valence-electron chi connectivity index (χ0n) is 18.6. The van der Waals surface area contributed by atoms with Crippen LogP contribution in [-0.4, -0.2) is 39.5 Å². The Morgan fingerprint density at radius 3 is 2.61 bits per heavy atom. The van der Waals surface area contributed by atoms with Gasteiger partial charge in [0.05, 0.1) is 29.9 Å². The summed E-state index contributed by atoms with van der Waals surface area (Å²) in [6.07, 6.45) is 1.79. The number of carbonyl (C=O) groups excluding carboxylic acids is 2. The quantitative estimate of drug-likeness (QED) is 0.240. The van der Waals surface area contributed by atoms with Gasteiger partial charge in [-0.05, 0) is 24.6 Å². The Kier molecular flexibility index (Phi) is 9.14. The van der Waals surface area contributed by atoms with Crippen LogP contribution < -0.4 is 5.32 Å². The monoisotopic (exact) mass is 482 g/mol. The number of esters is 1. The number of thioether (sulfide) groups is 2. The van der Waals surface area contributed by atoms with Crippen LogP contribution in [0.2, 0.25) is 0 Å². The van der Waals surface area contributed by atoms with E-state index < -0.39 is 5.97 Å². The third kappa shape index (κ3) is 6.97. The van der Waals surface area contributed by atoms with E-state index in [-0.39, 0.29) is 11.7 Å². The van der Waals surface area contributed by atoms with Crippen LogP contribution in [0.4, 0.5) is 5.69 Å². The van der Waals surface area contributed by atoms with Crippen molar-refractivity contribution in [3.05, 3.63) is 83.7 Å². The Morgan fingerprint density at radius 2 is 1.88 bits per heavy atom. The first kappa shape index (κ1) is 24.6. The number of para-hydroxylation sites is 1. The number of aryl methyl sites for hydroxylation is 1. The van der Waals surface area contributed by atoms with Gasteiger partial charge in [-0.2, -0.15) is 0 Å². The number of nitrogens with zero attached hydrogens (tertiary/aromatic N) is 3. The summed E-state index contributed by atoms with van der Waals surface area (Å²) in [5.74, 6) is 1.80. The Labute approximate surface area is 202 Å². The van der Waals surface area contributed by atoms with Gasteiger partial charge < -0.3 is 14.6 Å². The molecule has 1 aromatic heterocycles. The highest BCUT2D eigenvalue weighted by atomic mass is 32.2. The molecule has 0 spiro atoms. The molecule has 0 fully saturated rings. The van der Waals surface area contributed by atoms with Gasteiger partial charge in [-0.25, -0.2) is 4.79 Å². The maximum atomic E-state index is 12.5. The summed E-state index contributed by atoms with van der Waals surface area (Å²) >= 11 is 3.05. The predicted octanol–water partition coefficient (Wildman–Crippen LogP) is 4.72. The van der Waals surface area contributed by atoms with Crippen molar-refractivity contribution in [2.45, 2.75) is 30.1 Å². The normalized spacial score (nSPS) is 10.6. The minimum atomic E-state index is -0.503. The second-order valence-electron chi connectivity index (χ2n) is 7.15. The number of anilines is 1. The second-order valence-corrected chi connectivity index (χ2v) is 9.08. The molecule has 0 atom stereocenters. The van der Waals surface area contributed by atoms with E-state index in [1.165, 1.54) is 30.0 Å². The summed E-state index contributed by atoms with van der Waals surface area (Å²) < 4.78 is 6.74. The first-order chi connectivity index (χ1) is 16.0. The van der Waals surface area contributed by atoms with Gasteiger partial charge in [0.15, 0.2) is 5.16 Å². The highest BCUT2D eigenvalue weighted by molar-refractivity contribution is 7.99. The molecule has 1 heterocycles. The molecule has 33 heavy (non-hydrogen) atoms. The molecule has 0 aliphatic carbocycles. The van der Waals surface area contributed by atoms with Crippen LogP contribution in [0.5, 0.6) is 0 Å². The molecule has 0 aliphatic rings. The molecule has 2 aromatic carbocycles. The summed E-state index contributed by atoms with van der Waals surface area (Å²) in [6.45, 7) is 6.46. The molecular weight excluding hydrogens is 456 g/mol. The lowest BCUT2D eigenvalue weighted by Gasteiger charge is -2.10. The number of benzene rings is 2. The van der Waals surface area contributed by atoms with Crippen molar-refractivity contribution in [2.75, 3.05) is 18.2 Å². The fraction of sp³-hybridized carbons (Fsp3) is 0.250. The summed E-state index contributed by atoms with van der Waals surface area (Å²) in [6, 6.07) is 15.2. The lowest BCUT2D eigenvalue weighted by molar-refractivity contribution is -0.113. The summed E-state index contributed by atoms with van der Waals surface area (Å²) in [4.78, 5) is 24.4. The molecule has 0 bridgehead atoms. The summed E-state index contributed by atoms with van der Waals surface area (Å²) in [5, 5.41) is 12.0. The number of nitrogens with one attached hydrogen (secondary N) is 1. The number of ether oxygens (including phenoxy) is 1. The first-order valence-electron chi connectivity index (χ1n) is 10.3. The van der Waals surface area contributed by atoms with Gasteiger partial charge in [-0.3, -0.25) is 4.79 Å².